The number of aryl methyl sites for hydroxylation is 1. The Balaban J connectivity index is 1.49. The molecule has 2 aromatic carbocycles. The van der Waals surface area contributed by atoms with Gasteiger partial charge >= 0.3 is 0 Å². The number of carbonyl (C=O) groups is 2. The number of amides is 2. The highest BCUT2D eigenvalue weighted by Crippen LogP contribution is 2.20. The van der Waals surface area contributed by atoms with Crippen molar-refractivity contribution in [2.75, 3.05) is 19.3 Å². The lowest BCUT2D eigenvalue weighted by Crippen LogP contribution is -2.42. The average Bonchev–Trinajstić information content (AvgIpc) is 2.74. The van der Waals surface area contributed by atoms with Crippen LogP contribution >= 0.6 is 11.8 Å². The van der Waals surface area contributed by atoms with Gasteiger partial charge in [-0.25, -0.2) is 5.43 Å². The molecule has 146 valence electrons. The van der Waals surface area contributed by atoms with Crippen LogP contribution in [0.1, 0.15) is 34.3 Å². The highest BCUT2D eigenvalue weighted by atomic mass is 32.2. The van der Waals surface area contributed by atoms with E-state index in [1.54, 1.807) is 18.0 Å². The summed E-state index contributed by atoms with van der Waals surface area (Å²) >= 11 is 1.68. The third-order valence-electron chi connectivity index (χ3n) is 5.03. The summed E-state index contributed by atoms with van der Waals surface area (Å²) < 4.78 is 0. The van der Waals surface area contributed by atoms with Crippen LogP contribution in [-0.4, -0.2) is 42.3 Å². The summed E-state index contributed by atoms with van der Waals surface area (Å²) in [7, 11) is 0. The molecule has 28 heavy (non-hydrogen) atoms. The van der Waals surface area contributed by atoms with Crippen molar-refractivity contribution in [3.8, 4) is 0 Å². The number of hydrogen-bond donors (Lipinski definition) is 1. The van der Waals surface area contributed by atoms with Gasteiger partial charge in [0.05, 0.1) is 6.21 Å². The summed E-state index contributed by atoms with van der Waals surface area (Å²) in [5, 5.41) is 4.07. The van der Waals surface area contributed by atoms with Gasteiger partial charge in [0, 0.05) is 29.5 Å². The average molecular weight is 396 g/mol. The first-order valence-electron chi connectivity index (χ1n) is 9.40. The second-order valence-electron chi connectivity index (χ2n) is 6.89. The van der Waals surface area contributed by atoms with Crippen molar-refractivity contribution in [2.24, 2.45) is 11.0 Å². The molecule has 0 aromatic heterocycles. The maximum absolute atomic E-state index is 12.7. The Hall–Kier alpha value is -2.60. The number of hydrogen-bond acceptors (Lipinski definition) is 4. The molecule has 0 spiro atoms. The molecule has 1 fully saturated rings. The van der Waals surface area contributed by atoms with E-state index in [4.69, 9.17) is 0 Å². The zero-order valence-corrected chi connectivity index (χ0v) is 17.0. The molecule has 1 aliphatic heterocycles. The molecular weight excluding hydrogens is 370 g/mol. The van der Waals surface area contributed by atoms with Crippen molar-refractivity contribution < 1.29 is 9.59 Å². The SMILES string of the molecule is CSc1ccc(/C=N\NC(=O)C2CCN(C(=O)c3ccccc3C)CC2)cc1. The molecule has 0 aliphatic carbocycles. The number of hydrazone groups is 1. The maximum Gasteiger partial charge on any atom is 0.254 e. The standard InChI is InChI=1S/C22H25N3O2S/c1-16-5-3-4-6-20(16)22(27)25-13-11-18(12-14-25)21(26)24-23-15-17-7-9-19(28-2)10-8-17/h3-10,15,18H,11-14H2,1-2H3,(H,24,26)/b23-15-. The van der Waals surface area contributed by atoms with E-state index < -0.39 is 0 Å². The van der Waals surface area contributed by atoms with Crippen LogP contribution in [0.3, 0.4) is 0 Å². The molecule has 2 amide bonds. The first-order chi connectivity index (χ1) is 13.6. The smallest absolute Gasteiger partial charge is 0.254 e. The van der Waals surface area contributed by atoms with Gasteiger partial charge in [0.2, 0.25) is 5.91 Å². The van der Waals surface area contributed by atoms with Gasteiger partial charge in [0.15, 0.2) is 0 Å². The number of rotatable bonds is 5. The summed E-state index contributed by atoms with van der Waals surface area (Å²) in [5.41, 5.74) is 5.29. The fraction of sp³-hybridized carbons (Fsp3) is 0.318. The van der Waals surface area contributed by atoms with E-state index >= 15 is 0 Å². The van der Waals surface area contributed by atoms with E-state index in [1.165, 1.54) is 4.90 Å². The lowest BCUT2D eigenvalue weighted by atomic mass is 9.95. The number of thioether (sulfide) groups is 1. The van der Waals surface area contributed by atoms with Crippen LogP contribution in [0.5, 0.6) is 0 Å². The van der Waals surface area contributed by atoms with Gasteiger partial charge in [0.1, 0.15) is 0 Å². The van der Waals surface area contributed by atoms with Gasteiger partial charge < -0.3 is 4.90 Å². The van der Waals surface area contributed by atoms with Crippen molar-refractivity contribution in [3.63, 3.8) is 0 Å². The van der Waals surface area contributed by atoms with Crippen LogP contribution in [0.2, 0.25) is 0 Å². The van der Waals surface area contributed by atoms with E-state index in [0.29, 0.717) is 25.9 Å². The van der Waals surface area contributed by atoms with Crippen LogP contribution in [0.15, 0.2) is 58.5 Å². The highest BCUT2D eigenvalue weighted by Gasteiger charge is 2.28. The van der Waals surface area contributed by atoms with Gasteiger partial charge in [-0.15, -0.1) is 11.8 Å². The summed E-state index contributed by atoms with van der Waals surface area (Å²) in [6.07, 6.45) is 4.99. The molecule has 5 nitrogen and oxygen atoms in total. The van der Waals surface area contributed by atoms with E-state index in [1.807, 2.05) is 66.6 Å². The van der Waals surface area contributed by atoms with Crippen molar-refractivity contribution in [1.82, 2.24) is 10.3 Å². The van der Waals surface area contributed by atoms with Crippen LogP contribution in [0.25, 0.3) is 0 Å². The molecule has 0 unspecified atom stereocenters. The summed E-state index contributed by atoms with van der Waals surface area (Å²) in [6, 6.07) is 15.6. The minimum atomic E-state index is -0.114. The van der Waals surface area contributed by atoms with E-state index in [2.05, 4.69) is 10.5 Å². The third kappa shape index (κ3) is 5.01. The minimum absolute atomic E-state index is 0.0451. The quantitative estimate of drug-likeness (QED) is 0.477. The second kappa shape index (κ2) is 9.55. The molecule has 0 bridgehead atoms. The Morgan fingerprint density at radius 3 is 2.43 bits per heavy atom. The van der Waals surface area contributed by atoms with Gasteiger partial charge in [-0.2, -0.15) is 5.10 Å². The van der Waals surface area contributed by atoms with Crippen molar-refractivity contribution in [1.29, 1.82) is 0 Å². The molecule has 0 saturated carbocycles. The Bertz CT molecular complexity index is 856. The summed E-state index contributed by atoms with van der Waals surface area (Å²) in [6.45, 7) is 3.12. The topological polar surface area (TPSA) is 61.8 Å². The van der Waals surface area contributed by atoms with Crippen LogP contribution < -0.4 is 5.43 Å². The van der Waals surface area contributed by atoms with E-state index in [9.17, 15) is 9.59 Å². The zero-order valence-electron chi connectivity index (χ0n) is 16.2. The van der Waals surface area contributed by atoms with Crippen molar-refractivity contribution >= 4 is 29.8 Å². The largest absolute Gasteiger partial charge is 0.339 e. The predicted molar refractivity (Wildman–Crippen MR) is 114 cm³/mol. The molecule has 3 rings (SSSR count). The third-order valence-corrected chi connectivity index (χ3v) is 5.78. The van der Waals surface area contributed by atoms with Gasteiger partial charge in [-0.05, 0) is 55.3 Å². The molecule has 0 atom stereocenters. The molecule has 0 radical (unpaired) electrons. The minimum Gasteiger partial charge on any atom is -0.339 e. The molecule has 1 saturated heterocycles. The lowest BCUT2D eigenvalue weighted by Gasteiger charge is -2.31. The molecular formula is C22H25N3O2S. The fourth-order valence-electron chi connectivity index (χ4n) is 3.28. The lowest BCUT2D eigenvalue weighted by molar-refractivity contribution is -0.126. The normalized spacial score (nSPS) is 15.0. The van der Waals surface area contributed by atoms with Crippen LogP contribution in [-0.2, 0) is 4.79 Å². The van der Waals surface area contributed by atoms with Crippen LogP contribution in [0, 0.1) is 12.8 Å². The summed E-state index contributed by atoms with van der Waals surface area (Å²) in [5.74, 6) is -0.152. The Labute approximate surface area is 170 Å². The summed E-state index contributed by atoms with van der Waals surface area (Å²) in [4.78, 5) is 28.1. The van der Waals surface area contributed by atoms with E-state index in [-0.39, 0.29) is 17.7 Å². The van der Waals surface area contributed by atoms with Crippen molar-refractivity contribution in [2.45, 2.75) is 24.7 Å². The predicted octanol–water partition coefficient (Wildman–Crippen LogP) is 3.72. The molecule has 1 heterocycles. The Morgan fingerprint density at radius 1 is 1.11 bits per heavy atom. The first-order valence-corrected chi connectivity index (χ1v) is 10.6. The monoisotopic (exact) mass is 395 g/mol. The Morgan fingerprint density at radius 2 is 1.79 bits per heavy atom. The molecule has 6 heteroatoms. The number of carbonyl (C=O) groups excluding carboxylic acids is 2. The molecule has 2 aromatic rings. The fourth-order valence-corrected chi connectivity index (χ4v) is 3.69. The highest BCUT2D eigenvalue weighted by molar-refractivity contribution is 7.98. The molecule has 1 N–H and O–H groups in total. The number of piperidine rings is 1. The maximum atomic E-state index is 12.7. The van der Waals surface area contributed by atoms with Gasteiger partial charge in [-0.3, -0.25) is 9.59 Å². The number of benzene rings is 2. The number of nitrogens with zero attached hydrogens (tertiary/aromatic N) is 2. The van der Waals surface area contributed by atoms with Crippen LogP contribution in [0.4, 0.5) is 0 Å². The Kier molecular flexibility index (Phi) is 6.87. The van der Waals surface area contributed by atoms with Crippen molar-refractivity contribution in [3.05, 3.63) is 65.2 Å². The number of likely N-dealkylation sites (tertiary alicyclic amines) is 1. The first kappa shape index (κ1) is 20.1. The zero-order chi connectivity index (χ0) is 19.9. The second-order valence-corrected chi connectivity index (χ2v) is 7.77. The number of nitrogens with one attached hydrogen (secondary N) is 1. The van der Waals surface area contributed by atoms with Gasteiger partial charge in [-0.1, -0.05) is 30.3 Å². The van der Waals surface area contributed by atoms with Gasteiger partial charge in [0.25, 0.3) is 5.91 Å². The van der Waals surface area contributed by atoms with E-state index in [0.717, 1.165) is 16.7 Å². The molecule has 1 aliphatic rings.